The van der Waals surface area contributed by atoms with Crippen molar-refractivity contribution in [1.29, 1.82) is 0 Å². The molecule has 1 aliphatic rings. The van der Waals surface area contributed by atoms with Crippen LogP contribution in [0.25, 0.3) is 0 Å². The highest BCUT2D eigenvalue weighted by atomic mass is 16.5. The summed E-state index contributed by atoms with van der Waals surface area (Å²) in [7, 11) is 1.60. The van der Waals surface area contributed by atoms with Crippen LogP contribution < -0.4 is 14.5 Å². The standard InChI is InChI=1S/C26H26N2O3/c1-17-8-12-21(13-9-17)27-16-24(29)28(23-7-5-6-18(2)19(23)3)25(26(27)30)20-10-14-22(31-4)15-11-20/h5-15,25H,16H2,1-4H3/t25-/m0/s1. The van der Waals surface area contributed by atoms with Gasteiger partial charge in [-0.15, -0.1) is 0 Å². The second-order valence-electron chi connectivity index (χ2n) is 7.92. The fourth-order valence-corrected chi connectivity index (χ4v) is 3.98. The van der Waals surface area contributed by atoms with Crippen LogP contribution in [0, 0.1) is 20.8 Å². The molecule has 1 saturated heterocycles. The van der Waals surface area contributed by atoms with E-state index < -0.39 is 6.04 Å². The molecule has 5 nitrogen and oxygen atoms in total. The molecule has 0 saturated carbocycles. The Bertz CT molecular complexity index is 1120. The van der Waals surface area contributed by atoms with E-state index in [2.05, 4.69) is 0 Å². The third-order valence-electron chi connectivity index (χ3n) is 5.93. The van der Waals surface area contributed by atoms with Crippen LogP contribution in [0.15, 0.2) is 66.7 Å². The number of ether oxygens (including phenoxy) is 1. The van der Waals surface area contributed by atoms with E-state index in [1.807, 2.05) is 87.5 Å². The molecule has 1 atom stereocenters. The first kappa shape index (κ1) is 20.7. The van der Waals surface area contributed by atoms with Crippen LogP contribution in [0.1, 0.15) is 28.3 Å². The van der Waals surface area contributed by atoms with Crippen LogP contribution in [0.5, 0.6) is 5.75 Å². The SMILES string of the molecule is COc1ccc([C@H]2C(=O)N(c3ccc(C)cc3)CC(=O)N2c2cccc(C)c2C)cc1. The fraction of sp³-hybridized carbons (Fsp3) is 0.231. The number of carbonyl (C=O) groups excluding carboxylic acids is 2. The first-order valence-corrected chi connectivity index (χ1v) is 10.3. The summed E-state index contributed by atoms with van der Waals surface area (Å²) in [5.41, 5.74) is 5.41. The molecule has 1 fully saturated rings. The van der Waals surface area contributed by atoms with Gasteiger partial charge in [-0.2, -0.15) is 0 Å². The van der Waals surface area contributed by atoms with Crippen LogP contribution in [0.3, 0.4) is 0 Å². The van der Waals surface area contributed by atoms with E-state index in [0.717, 1.165) is 33.6 Å². The maximum atomic E-state index is 13.8. The van der Waals surface area contributed by atoms with Crippen LogP contribution in [0.2, 0.25) is 0 Å². The number of anilines is 2. The molecule has 5 heteroatoms. The van der Waals surface area contributed by atoms with Gasteiger partial charge in [0.15, 0.2) is 0 Å². The minimum absolute atomic E-state index is 0.00192. The number of amides is 2. The van der Waals surface area contributed by atoms with Gasteiger partial charge in [-0.3, -0.25) is 14.5 Å². The predicted molar refractivity (Wildman–Crippen MR) is 123 cm³/mol. The summed E-state index contributed by atoms with van der Waals surface area (Å²) in [6.45, 7) is 5.99. The van der Waals surface area contributed by atoms with Gasteiger partial charge < -0.3 is 9.64 Å². The van der Waals surface area contributed by atoms with Crippen LogP contribution in [-0.2, 0) is 9.59 Å². The lowest BCUT2D eigenvalue weighted by Crippen LogP contribution is -2.56. The largest absolute Gasteiger partial charge is 0.497 e. The molecule has 2 amide bonds. The second-order valence-corrected chi connectivity index (χ2v) is 7.92. The molecule has 0 radical (unpaired) electrons. The first-order chi connectivity index (χ1) is 14.9. The quantitative estimate of drug-likeness (QED) is 0.620. The zero-order valence-electron chi connectivity index (χ0n) is 18.3. The van der Waals surface area contributed by atoms with Crippen molar-refractivity contribution in [3.63, 3.8) is 0 Å². The Morgan fingerprint density at radius 2 is 1.55 bits per heavy atom. The highest BCUT2D eigenvalue weighted by Gasteiger charge is 2.42. The van der Waals surface area contributed by atoms with Crippen molar-refractivity contribution in [2.75, 3.05) is 23.5 Å². The Balaban J connectivity index is 1.84. The number of carbonyl (C=O) groups is 2. The van der Waals surface area contributed by atoms with Gasteiger partial charge in [0.25, 0.3) is 5.91 Å². The number of piperazine rings is 1. The Morgan fingerprint density at radius 1 is 0.871 bits per heavy atom. The van der Waals surface area contributed by atoms with Gasteiger partial charge in [0.1, 0.15) is 18.3 Å². The number of hydrogen-bond donors (Lipinski definition) is 0. The molecule has 31 heavy (non-hydrogen) atoms. The summed E-state index contributed by atoms with van der Waals surface area (Å²) in [4.78, 5) is 30.5. The Hall–Kier alpha value is -3.60. The summed E-state index contributed by atoms with van der Waals surface area (Å²) >= 11 is 0. The first-order valence-electron chi connectivity index (χ1n) is 10.3. The molecule has 158 valence electrons. The number of rotatable bonds is 4. The second kappa shape index (κ2) is 8.26. The van der Waals surface area contributed by atoms with Gasteiger partial charge in [0, 0.05) is 11.4 Å². The summed E-state index contributed by atoms with van der Waals surface area (Å²) in [6, 6.07) is 20.1. The van der Waals surface area contributed by atoms with Crippen molar-refractivity contribution in [2.24, 2.45) is 0 Å². The number of benzene rings is 3. The Labute approximate surface area is 182 Å². The molecule has 0 unspecified atom stereocenters. The monoisotopic (exact) mass is 414 g/mol. The predicted octanol–water partition coefficient (Wildman–Crippen LogP) is 4.74. The highest BCUT2D eigenvalue weighted by molar-refractivity contribution is 6.14. The fourth-order valence-electron chi connectivity index (χ4n) is 3.98. The van der Waals surface area contributed by atoms with Gasteiger partial charge >= 0.3 is 0 Å². The van der Waals surface area contributed by atoms with E-state index in [0.29, 0.717) is 5.75 Å². The Kier molecular flexibility index (Phi) is 5.51. The number of hydrogen-bond acceptors (Lipinski definition) is 3. The normalized spacial score (nSPS) is 16.6. The molecule has 3 aromatic carbocycles. The number of methoxy groups -OCH3 is 1. The molecular weight excluding hydrogens is 388 g/mol. The molecule has 3 aromatic rings. The van der Waals surface area contributed by atoms with Crippen molar-refractivity contribution in [3.8, 4) is 5.75 Å². The van der Waals surface area contributed by atoms with Crippen LogP contribution in [-0.4, -0.2) is 25.5 Å². The van der Waals surface area contributed by atoms with E-state index >= 15 is 0 Å². The van der Waals surface area contributed by atoms with Gasteiger partial charge in [0.05, 0.1) is 7.11 Å². The maximum Gasteiger partial charge on any atom is 0.255 e. The van der Waals surface area contributed by atoms with Crippen molar-refractivity contribution in [1.82, 2.24) is 0 Å². The number of aryl methyl sites for hydroxylation is 2. The van der Waals surface area contributed by atoms with Gasteiger partial charge in [-0.05, 0) is 67.8 Å². The van der Waals surface area contributed by atoms with Crippen molar-refractivity contribution >= 4 is 23.2 Å². The maximum absolute atomic E-state index is 13.8. The lowest BCUT2D eigenvalue weighted by Gasteiger charge is -2.41. The van der Waals surface area contributed by atoms with Crippen LogP contribution >= 0.6 is 0 Å². The summed E-state index contributed by atoms with van der Waals surface area (Å²) in [5.74, 6) is 0.455. The summed E-state index contributed by atoms with van der Waals surface area (Å²) < 4.78 is 5.28. The third-order valence-corrected chi connectivity index (χ3v) is 5.93. The van der Waals surface area contributed by atoms with Gasteiger partial charge in [0.2, 0.25) is 5.91 Å². The Morgan fingerprint density at radius 3 is 2.19 bits per heavy atom. The molecule has 1 heterocycles. The third kappa shape index (κ3) is 3.79. The molecule has 0 bridgehead atoms. The lowest BCUT2D eigenvalue weighted by molar-refractivity contribution is -0.128. The van der Waals surface area contributed by atoms with E-state index in [4.69, 9.17) is 4.74 Å². The van der Waals surface area contributed by atoms with E-state index in [-0.39, 0.29) is 18.4 Å². The highest BCUT2D eigenvalue weighted by Crippen LogP contribution is 2.37. The zero-order valence-corrected chi connectivity index (χ0v) is 18.3. The molecule has 0 aromatic heterocycles. The average Bonchev–Trinajstić information content (AvgIpc) is 2.78. The molecule has 0 N–H and O–H groups in total. The summed E-state index contributed by atoms with van der Waals surface area (Å²) in [5, 5.41) is 0. The van der Waals surface area contributed by atoms with Crippen LogP contribution in [0.4, 0.5) is 11.4 Å². The molecule has 1 aliphatic heterocycles. The van der Waals surface area contributed by atoms with Gasteiger partial charge in [-0.25, -0.2) is 0 Å². The minimum Gasteiger partial charge on any atom is -0.497 e. The van der Waals surface area contributed by atoms with Crippen molar-refractivity contribution in [3.05, 3.63) is 89.0 Å². The molecule has 4 rings (SSSR count). The van der Waals surface area contributed by atoms with E-state index in [1.54, 1.807) is 16.9 Å². The topological polar surface area (TPSA) is 49.9 Å². The molecule has 0 spiro atoms. The molecule has 0 aliphatic carbocycles. The van der Waals surface area contributed by atoms with Gasteiger partial charge in [-0.1, -0.05) is 42.0 Å². The van der Waals surface area contributed by atoms with Crippen molar-refractivity contribution in [2.45, 2.75) is 26.8 Å². The zero-order chi connectivity index (χ0) is 22.1. The minimum atomic E-state index is -0.756. The average molecular weight is 415 g/mol. The lowest BCUT2D eigenvalue weighted by atomic mass is 9.97. The number of nitrogens with zero attached hydrogens (tertiary/aromatic N) is 2. The van der Waals surface area contributed by atoms with E-state index in [9.17, 15) is 9.59 Å². The smallest absolute Gasteiger partial charge is 0.255 e. The molecular formula is C26H26N2O3. The summed E-state index contributed by atoms with van der Waals surface area (Å²) in [6.07, 6.45) is 0. The van der Waals surface area contributed by atoms with E-state index in [1.165, 1.54) is 0 Å². The van der Waals surface area contributed by atoms with Crippen molar-refractivity contribution < 1.29 is 14.3 Å².